The third-order valence-corrected chi connectivity index (χ3v) is 6.07. The topological polar surface area (TPSA) is 56.6 Å². The molecule has 2 aromatic carbocycles. The molecule has 182 valence electrons. The molecule has 1 saturated carbocycles. The van der Waals surface area contributed by atoms with Gasteiger partial charge in [0.05, 0.1) is 11.2 Å². The van der Waals surface area contributed by atoms with Crippen molar-refractivity contribution in [1.82, 2.24) is 14.7 Å². The first-order valence-electron chi connectivity index (χ1n) is 12.3. The first-order valence-corrected chi connectivity index (χ1v) is 12.3. The van der Waals surface area contributed by atoms with Crippen LogP contribution in [-0.2, 0) is 35.4 Å². The van der Waals surface area contributed by atoms with E-state index in [1.807, 2.05) is 31.7 Å². The van der Waals surface area contributed by atoms with Gasteiger partial charge in [-0.25, -0.2) is 4.79 Å². The van der Waals surface area contributed by atoms with Crippen molar-refractivity contribution in [3.8, 4) is 0 Å². The van der Waals surface area contributed by atoms with Gasteiger partial charge >= 0.3 is 6.09 Å². The van der Waals surface area contributed by atoms with Gasteiger partial charge in [0.25, 0.3) is 0 Å². The Morgan fingerprint density at radius 1 is 1.09 bits per heavy atom. The number of benzene rings is 2. The molecule has 3 aromatic rings. The summed E-state index contributed by atoms with van der Waals surface area (Å²) in [6.45, 7) is 7.80. The molecule has 1 aromatic heterocycles. The zero-order chi connectivity index (χ0) is 24.1. The zero-order valence-corrected chi connectivity index (χ0v) is 20.9. The van der Waals surface area contributed by atoms with Gasteiger partial charge in [0, 0.05) is 38.2 Å². The van der Waals surface area contributed by atoms with Crippen LogP contribution >= 0.6 is 0 Å². The van der Waals surface area contributed by atoms with Crippen LogP contribution < -0.4 is 0 Å². The average molecular weight is 464 g/mol. The van der Waals surface area contributed by atoms with Gasteiger partial charge in [0.2, 0.25) is 0 Å². The van der Waals surface area contributed by atoms with Crippen LogP contribution in [0.15, 0.2) is 48.5 Å². The van der Waals surface area contributed by atoms with E-state index < -0.39 is 5.60 Å². The highest BCUT2D eigenvalue weighted by Gasteiger charge is 2.35. The molecule has 6 nitrogen and oxygen atoms in total. The number of fused-ring (bicyclic) bond motifs is 1. The van der Waals surface area contributed by atoms with Crippen LogP contribution in [0.1, 0.15) is 56.9 Å². The van der Waals surface area contributed by atoms with E-state index in [1.54, 1.807) is 7.11 Å². The van der Waals surface area contributed by atoms with Crippen molar-refractivity contribution in [2.75, 3.05) is 13.7 Å². The van der Waals surface area contributed by atoms with Crippen molar-refractivity contribution < 1.29 is 14.3 Å². The maximum atomic E-state index is 12.8. The van der Waals surface area contributed by atoms with E-state index in [0.717, 1.165) is 55.4 Å². The molecular weight excluding hydrogens is 426 g/mol. The maximum Gasteiger partial charge on any atom is 0.410 e. The molecule has 1 aliphatic carbocycles. The number of carbonyl (C=O) groups is 1. The third kappa shape index (κ3) is 6.38. The van der Waals surface area contributed by atoms with E-state index in [9.17, 15) is 4.79 Å². The predicted molar refractivity (Wildman–Crippen MR) is 135 cm³/mol. The number of hydrogen-bond donors (Lipinski definition) is 0. The van der Waals surface area contributed by atoms with Gasteiger partial charge in [-0.05, 0) is 70.1 Å². The van der Waals surface area contributed by atoms with Crippen molar-refractivity contribution in [2.24, 2.45) is 0 Å². The van der Waals surface area contributed by atoms with Crippen LogP contribution in [-0.4, -0.2) is 46.1 Å². The molecule has 0 aliphatic heterocycles. The quantitative estimate of drug-likeness (QED) is 0.359. The number of methoxy groups -OCH3 is 1. The fourth-order valence-electron chi connectivity index (χ4n) is 4.25. The van der Waals surface area contributed by atoms with E-state index in [2.05, 4.69) is 47.1 Å². The monoisotopic (exact) mass is 463 g/mol. The van der Waals surface area contributed by atoms with Gasteiger partial charge in [0.1, 0.15) is 5.60 Å². The number of hydrogen-bond acceptors (Lipinski definition) is 4. The Bertz CT molecular complexity index is 1100. The van der Waals surface area contributed by atoms with Gasteiger partial charge in [-0.3, -0.25) is 4.68 Å². The Morgan fingerprint density at radius 3 is 2.53 bits per heavy atom. The molecule has 1 fully saturated rings. The number of rotatable bonds is 10. The Labute approximate surface area is 202 Å². The van der Waals surface area contributed by atoms with Crippen LogP contribution in [0.3, 0.4) is 0 Å². The highest BCUT2D eigenvalue weighted by atomic mass is 16.6. The summed E-state index contributed by atoms with van der Waals surface area (Å²) in [5, 5.41) is 6.17. The third-order valence-electron chi connectivity index (χ3n) is 6.07. The second-order valence-electron chi connectivity index (χ2n) is 10.2. The molecule has 0 bridgehead atoms. The van der Waals surface area contributed by atoms with Crippen LogP contribution in [0, 0.1) is 0 Å². The lowest BCUT2D eigenvalue weighted by Crippen LogP contribution is -2.37. The molecule has 0 spiro atoms. The van der Waals surface area contributed by atoms with Gasteiger partial charge in [-0.1, -0.05) is 42.5 Å². The van der Waals surface area contributed by atoms with E-state index in [4.69, 9.17) is 14.6 Å². The minimum atomic E-state index is -0.498. The van der Waals surface area contributed by atoms with Crippen LogP contribution in [0.4, 0.5) is 4.79 Å². The van der Waals surface area contributed by atoms with Gasteiger partial charge < -0.3 is 14.4 Å². The molecular formula is C28H37N3O3. The van der Waals surface area contributed by atoms with Crippen LogP contribution in [0.25, 0.3) is 10.9 Å². The van der Waals surface area contributed by atoms with Gasteiger partial charge in [0.15, 0.2) is 0 Å². The molecule has 0 saturated heterocycles. The Hall–Kier alpha value is -2.86. The molecule has 0 atom stereocenters. The van der Waals surface area contributed by atoms with Gasteiger partial charge in [-0.15, -0.1) is 0 Å². The SMILES string of the molecule is COCCCn1nc(CCc2ccccc2)c2ccc(CN(C(=O)OC(C)(C)C)C3CC3)cc21. The molecule has 6 heteroatoms. The maximum absolute atomic E-state index is 12.8. The fourth-order valence-corrected chi connectivity index (χ4v) is 4.25. The average Bonchev–Trinajstić information content (AvgIpc) is 3.58. The molecule has 0 N–H and O–H groups in total. The van der Waals surface area contributed by atoms with Crippen LogP contribution in [0.2, 0.25) is 0 Å². The van der Waals surface area contributed by atoms with E-state index in [-0.39, 0.29) is 12.1 Å². The zero-order valence-electron chi connectivity index (χ0n) is 20.9. The van der Waals surface area contributed by atoms with Crippen molar-refractivity contribution in [3.05, 3.63) is 65.4 Å². The Morgan fingerprint density at radius 2 is 1.85 bits per heavy atom. The Kier molecular flexibility index (Phi) is 7.57. The van der Waals surface area contributed by atoms with Crippen molar-refractivity contribution in [2.45, 2.75) is 77.6 Å². The number of amides is 1. The van der Waals surface area contributed by atoms with E-state index >= 15 is 0 Å². The smallest absolute Gasteiger partial charge is 0.410 e. The van der Waals surface area contributed by atoms with Crippen molar-refractivity contribution in [3.63, 3.8) is 0 Å². The standard InChI is InChI=1S/C28H37N3O3/c1-28(2,3)34-27(32)30(23-13-14-23)20-22-11-15-24-25(16-12-21-9-6-5-7-10-21)29-31(26(24)19-22)17-8-18-33-4/h5-7,9-11,15,19,23H,8,12-14,16-18,20H2,1-4H3. The Balaban J connectivity index is 1.57. The fraction of sp³-hybridized carbons (Fsp3) is 0.500. The molecule has 34 heavy (non-hydrogen) atoms. The second kappa shape index (κ2) is 10.6. The summed E-state index contributed by atoms with van der Waals surface area (Å²) < 4.78 is 13.1. The van der Waals surface area contributed by atoms with Crippen molar-refractivity contribution in [1.29, 1.82) is 0 Å². The first kappa shape index (κ1) is 24.3. The predicted octanol–water partition coefficient (Wildman–Crippen LogP) is 5.76. The minimum Gasteiger partial charge on any atom is -0.444 e. The van der Waals surface area contributed by atoms with Gasteiger partial charge in [-0.2, -0.15) is 5.10 Å². The normalized spacial score (nSPS) is 13.9. The summed E-state index contributed by atoms with van der Waals surface area (Å²) in [7, 11) is 1.73. The molecule has 0 radical (unpaired) electrons. The van der Waals surface area contributed by atoms with Crippen LogP contribution in [0.5, 0.6) is 0 Å². The largest absolute Gasteiger partial charge is 0.444 e. The lowest BCUT2D eigenvalue weighted by molar-refractivity contribution is 0.0217. The summed E-state index contributed by atoms with van der Waals surface area (Å²) in [5.74, 6) is 0. The molecule has 1 heterocycles. The first-order chi connectivity index (χ1) is 16.3. The van der Waals surface area contributed by atoms with E-state index in [0.29, 0.717) is 13.2 Å². The number of aryl methyl sites for hydroxylation is 3. The molecule has 1 amide bonds. The number of carbonyl (C=O) groups excluding carboxylic acids is 1. The molecule has 4 rings (SSSR count). The molecule has 1 aliphatic rings. The van der Waals surface area contributed by atoms with Crippen molar-refractivity contribution >= 4 is 17.0 Å². The summed E-state index contributed by atoms with van der Waals surface area (Å²) in [6, 6.07) is 17.3. The second-order valence-corrected chi connectivity index (χ2v) is 10.2. The minimum absolute atomic E-state index is 0.229. The highest BCUT2D eigenvalue weighted by molar-refractivity contribution is 5.83. The lowest BCUT2D eigenvalue weighted by atomic mass is 10.0. The summed E-state index contributed by atoms with van der Waals surface area (Å²) in [5.41, 5.74) is 4.17. The number of nitrogens with zero attached hydrogens (tertiary/aromatic N) is 3. The highest BCUT2D eigenvalue weighted by Crippen LogP contribution is 2.31. The summed E-state index contributed by atoms with van der Waals surface area (Å²) >= 11 is 0. The number of aromatic nitrogens is 2. The van der Waals surface area contributed by atoms with E-state index in [1.165, 1.54) is 10.9 Å². The molecule has 0 unspecified atom stereocenters. The summed E-state index contributed by atoms with van der Waals surface area (Å²) in [4.78, 5) is 14.7. The lowest BCUT2D eigenvalue weighted by Gasteiger charge is -2.27. The summed E-state index contributed by atoms with van der Waals surface area (Å²) in [6.07, 6.45) is 4.61. The number of ether oxygens (including phenoxy) is 2.